The molecular weight excluding hydrogens is 409 g/mol. The molecule has 0 saturated heterocycles. The summed E-state index contributed by atoms with van der Waals surface area (Å²) in [6.07, 6.45) is 4.91. The molecular formula is C23H36BN3O5. The van der Waals surface area contributed by atoms with Crippen LogP contribution >= 0.6 is 0 Å². The van der Waals surface area contributed by atoms with E-state index in [1.165, 1.54) is 6.07 Å². The molecule has 1 aromatic rings. The summed E-state index contributed by atoms with van der Waals surface area (Å²) in [5.74, 6) is -1.27. The van der Waals surface area contributed by atoms with Gasteiger partial charge in [0.15, 0.2) is 0 Å². The van der Waals surface area contributed by atoms with E-state index in [4.69, 9.17) is 4.65 Å². The third-order valence-electron chi connectivity index (χ3n) is 6.23. The van der Waals surface area contributed by atoms with Crippen molar-refractivity contribution in [3.05, 3.63) is 29.3 Å². The maximum Gasteiger partial charge on any atom is 0.547 e. The van der Waals surface area contributed by atoms with Gasteiger partial charge in [-0.15, -0.1) is 0 Å². The van der Waals surface area contributed by atoms with Crippen LogP contribution in [0.3, 0.4) is 0 Å². The van der Waals surface area contributed by atoms with E-state index in [0.717, 1.165) is 38.8 Å². The Kier molecular flexibility index (Phi) is 8.19. The first-order valence-electron chi connectivity index (χ1n) is 11.6. The molecule has 0 bridgehead atoms. The maximum absolute atomic E-state index is 12.6. The SMILES string of the molecule is CC(C)(C)NCCNC1CCC(CC(=O)N[C@H]2Cc3cccc(C(=O)O)c3OB2O)CC1. The molecule has 5 N–H and O–H groups in total. The maximum atomic E-state index is 12.6. The first kappa shape index (κ1) is 24.5. The Labute approximate surface area is 190 Å². The molecule has 1 saturated carbocycles. The molecule has 1 amide bonds. The van der Waals surface area contributed by atoms with Gasteiger partial charge in [-0.05, 0) is 70.4 Å². The van der Waals surface area contributed by atoms with Crippen molar-refractivity contribution in [2.24, 2.45) is 5.92 Å². The van der Waals surface area contributed by atoms with E-state index in [1.807, 2.05) is 0 Å². The number of carboxylic acid groups (broad SMARTS) is 1. The zero-order valence-electron chi connectivity index (χ0n) is 19.3. The van der Waals surface area contributed by atoms with Crippen molar-refractivity contribution in [1.82, 2.24) is 16.0 Å². The highest BCUT2D eigenvalue weighted by Gasteiger charge is 2.38. The number of amides is 1. The van der Waals surface area contributed by atoms with Gasteiger partial charge in [0.05, 0.1) is 11.5 Å². The molecule has 0 aromatic heterocycles. The predicted molar refractivity (Wildman–Crippen MR) is 124 cm³/mol. The number of hydrogen-bond acceptors (Lipinski definition) is 6. The van der Waals surface area contributed by atoms with Crippen molar-refractivity contribution >= 4 is 19.0 Å². The number of para-hydroxylation sites is 1. The molecule has 1 aliphatic carbocycles. The quantitative estimate of drug-likeness (QED) is 0.306. The van der Waals surface area contributed by atoms with E-state index >= 15 is 0 Å². The minimum atomic E-state index is -1.27. The Hall–Kier alpha value is -2.10. The summed E-state index contributed by atoms with van der Waals surface area (Å²) < 4.78 is 5.46. The number of benzene rings is 1. The molecule has 1 aromatic carbocycles. The molecule has 1 aliphatic heterocycles. The number of fused-ring (bicyclic) bond motifs is 1. The lowest BCUT2D eigenvalue weighted by Gasteiger charge is -2.31. The molecule has 176 valence electrons. The molecule has 0 unspecified atom stereocenters. The van der Waals surface area contributed by atoms with Gasteiger partial charge in [-0.2, -0.15) is 0 Å². The van der Waals surface area contributed by atoms with Crippen LogP contribution in [0.25, 0.3) is 0 Å². The highest BCUT2D eigenvalue weighted by Crippen LogP contribution is 2.31. The molecule has 0 spiro atoms. The first-order chi connectivity index (χ1) is 15.1. The summed E-state index contributed by atoms with van der Waals surface area (Å²) in [4.78, 5) is 24.0. The fourth-order valence-electron chi connectivity index (χ4n) is 4.53. The predicted octanol–water partition coefficient (Wildman–Crippen LogP) is 1.75. The third-order valence-corrected chi connectivity index (χ3v) is 6.23. The summed E-state index contributed by atoms with van der Waals surface area (Å²) in [6.45, 7) is 8.36. The second-order valence-electron chi connectivity index (χ2n) is 10.0. The second-order valence-corrected chi connectivity index (χ2v) is 10.0. The van der Waals surface area contributed by atoms with E-state index in [2.05, 4.69) is 36.7 Å². The monoisotopic (exact) mass is 445 g/mol. The molecule has 0 radical (unpaired) electrons. The van der Waals surface area contributed by atoms with Gasteiger partial charge in [0.2, 0.25) is 5.91 Å². The lowest BCUT2D eigenvalue weighted by molar-refractivity contribution is -0.122. The number of rotatable bonds is 8. The highest BCUT2D eigenvalue weighted by molar-refractivity contribution is 6.47. The Bertz CT molecular complexity index is 805. The van der Waals surface area contributed by atoms with Gasteiger partial charge in [-0.25, -0.2) is 4.79 Å². The molecule has 1 atom stereocenters. The van der Waals surface area contributed by atoms with Crippen LogP contribution in [0.4, 0.5) is 0 Å². The van der Waals surface area contributed by atoms with Crippen molar-refractivity contribution in [1.29, 1.82) is 0 Å². The summed E-state index contributed by atoms with van der Waals surface area (Å²) in [5, 5.41) is 29.6. The summed E-state index contributed by atoms with van der Waals surface area (Å²) in [5.41, 5.74) is 0.823. The summed E-state index contributed by atoms with van der Waals surface area (Å²) in [7, 11) is -1.27. The number of hydrogen-bond donors (Lipinski definition) is 5. The van der Waals surface area contributed by atoms with Gasteiger partial charge in [-0.1, -0.05) is 12.1 Å². The van der Waals surface area contributed by atoms with Crippen LogP contribution in [0.2, 0.25) is 0 Å². The minimum Gasteiger partial charge on any atom is -0.534 e. The fraction of sp³-hybridized carbons (Fsp3) is 0.652. The zero-order chi connectivity index (χ0) is 23.3. The normalized spacial score (nSPS) is 23.2. The van der Waals surface area contributed by atoms with Crippen LogP contribution in [0.5, 0.6) is 5.75 Å². The van der Waals surface area contributed by atoms with E-state index in [-0.39, 0.29) is 22.8 Å². The lowest BCUT2D eigenvalue weighted by Crippen LogP contribution is -2.53. The fourth-order valence-corrected chi connectivity index (χ4v) is 4.53. The minimum absolute atomic E-state index is 0.0193. The van der Waals surface area contributed by atoms with E-state index in [0.29, 0.717) is 30.4 Å². The van der Waals surface area contributed by atoms with Crippen LogP contribution in [-0.4, -0.2) is 59.7 Å². The topological polar surface area (TPSA) is 120 Å². The van der Waals surface area contributed by atoms with Crippen molar-refractivity contribution < 1.29 is 24.4 Å². The molecule has 2 aliphatic rings. The van der Waals surface area contributed by atoms with E-state index in [9.17, 15) is 19.7 Å². The molecule has 9 heteroatoms. The van der Waals surface area contributed by atoms with Crippen LogP contribution < -0.4 is 20.6 Å². The Balaban J connectivity index is 1.41. The number of carboxylic acids is 1. The van der Waals surface area contributed by atoms with Crippen molar-refractivity contribution in [2.45, 2.75) is 76.8 Å². The van der Waals surface area contributed by atoms with E-state index in [1.54, 1.807) is 12.1 Å². The van der Waals surface area contributed by atoms with Gasteiger partial charge in [0.1, 0.15) is 5.75 Å². The lowest BCUT2D eigenvalue weighted by atomic mass is 9.72. The number of aromatic carboxylic acids is 1. The van der Waals surface area contributed by atoms with Gasteiger partial charge in [-0.3, -0.25) is 4.79 Å². The van der Waals surface area contributed by atoms with Crippen molar-refractivity contribution in [3.8, 4) is 5.75 Å². The molecule has 8 nitrogen and oxygen atoms in total. The van der Waals surface area contributed by atoms with Crippen LogP contribution in [0.1, 0.15) is 68.8 Å². The third kappa shape index (κ3) is 6.95. The standard InChI is InChI=1S/C23H36BN3O5/c1-23(2,3)26-12-11-25-17-9-7-15(8-10-17)13-20(28)27-19-14-16-5-4-6-18(22(29)30)21(16)32-24(19)31/h4-6,15,17,19,25-26,31H,7-14H2,1-3H3,(H,27,28)(H,29,30)/t15?,17?,19-/m0/s1. The Morgan fingerprint density at radius 3 is 2.53 bits per heavy atom. The molecule has 1 heterocycles. The summed E-state index contributed by atoms with van der Waals surface area (Å²) in [6, 6.07) is 5.36. The molecule has 32 heavy (non-hydrogen) atoms. The van der Waals surface area contributed by atoms with Gasteiger partial charge in [0, 0.05) is 31.1 Å². The van der Waals surface area contributed by atoms with E-state index < -0.39 is 19.0 Å². The van der Waals surface area contributed by atoms with Crippen molar-refractivity contribution in [2.75, 3.05) is 13.1 Å². The van der Waals surface area contributed by atoms with Gasteiger partial charge in [0.25, 0.3) is 0 Å². The largest absolute Gasteiger partial charge is 0.547 e. The van der Waals surface area contributed by atoms with Gasteiger partial charge >= 0.3 is 13.1 Å². The number of carbonyl (C=O) groups is 2. The van der Waals surface area contributed by atoms with Crippen molar-refractivity contribution in [3.63, 3.8) is 0 Å². The second kappa shape index (κ2) is 10.7. The average Bonchev–Trinajstić information content (AvgIpc) is 2.71. The number of carbonyl (C=O) groups excluding carboxylic acids is 1. The van der Waals surface area contributed by atoms with Gasteiger partial charge < -0.3 is 30.7 Å². The molecule has 3 rings (SSSR count). The molecule has 1 fully saturated rings. The number of nitrogens with one attached hydrogen (secondary N) is 3. The average molecular weight is 445 g/mol. The summed E-state index contributed by atoms with van der Waals surface area (Å²) >= 11 is 0. The first-order valence-corrected chi connectivity index (χ1v) is 11.6. The van der Waals surface area contributed by atoms with Crippen LogP contribution in [-0.2, 0) is 11.2 Å². The zero-order valence-corrected chi connectivity index (χ0v) is 19.3. The van der Waals surface area contributed by atoms with Crippen LogP contribution in [0.15, 0.2) is 18.2 Å². The van der Waals surface area contributed by atoms with Crippen LogP contribution in [0, 0.1) is 5.92 Å². The Morgan fingerprint density at radius 1 is 1.16 bits per heavy atom. The Morgan fingerprint density at radius 2 is 1.88 bits per heavy atom. The highest BCUT2D eigenvalue weighted by atomic mass is 16.5. The smallest absolute Gasteiger partial charge is 0.534 e.